The van der Waals surface area contributed by atoms with Crippen molar-refractivity contribution in [3.63, 3.8) is 0 Å². The summed E-state index contributed by atoms with van der Waals surface area (Å²) in [5, 5.41) is 0. The second kappa shape index (κ2) is 4.75. The van der Waals surface area contributed by atoms with Gasteiger partial charge in [0.25, 0.3) is 0 Å². The van der Waals surface area contributed by atoms with Crippen molar-refractivity contribution < 1.29 is 9.59 Å². The van der Waals surface area contributed by atoms with Crippen LogP contribution in [-0.2, 0) is 9.59 Å². The van der Waals surface area contributed by atoms with Crippen molar-refractivity contribution in [2.45, 2.75) is 73.6 Å². The number of hydrogen-bond acceptors (Lipinski definition) is 2. The van der Waals surface area contributed by atoms with Gasteiger partial charge in [0.1, 0.15) is 0 Å². The molecule has 4 aliphatic carbocycles. The Labute approximate surface area is 152 Å². The minimum atomic E-state index is -0.186. The van der Waals surface area contributed by atoms with Gasteiger partial charge in [-0.3, -0.25) is 9.59 Å². The molecule has 0 heterocycles. The summed E-state index contributed by atoms with van der Waals surface area (Å²) in [6, 6.07) is 0. The van der Waals surface area contributed by atoms with E-state index in [1.54, 1.807) is 0 Å². The number of hydrogen-bond donors (Lipinski definition) is 0. The van der Waals surface area contributed by atoms with Gasteiger partial charge in [-0.2, -0.15) is 0 Å². The van der Waals surface area contributed by atoms with Crippen LogP contribution in [-0.4, -0.2) is 11.6 Å². The largest absolute Gasteiger partial charge is 0.294 e. The summed E-state index contributed by atoms with van der Waals surface area (Å²) >= 11 is 0. The Morgan fingerprint density at radius 1 is 0.760 bits per heavy atom. The van der Waals surface area contributed by atoms with E-state index < -0.39 is 0 Å². The summed E-state index contributed by atoms with van der Waals surface area (Å²) in [5.41, 5.74) is 1.85. The summed E-state index contributed by atoms with van der Waals surface area (Å²) in [7, 11) is 0. The number of fused-ring (bicyclic) bond motifs is 4. The molecule has 25 heavy (non-hydrogen) atoms. The van der Waals surface area contributed by atoms with Gasteiger partial charge in [0.15, 0.2) is 11.6 Å². The average Bonchev–Trinajstić information content (AvgIpc) is 3.01. The zero-order valence-electron chi connectivity index (χ0n) is 16.7. The second-order valence-electron chi connectivity index (χ2n) is 10.5. The molecule has 0 amide bonds. The number of carbonyl (C=O) groups is 2. The number of allylic oxidation sites excluding steroid dienone is 4. The lowest BCUT2D eigenvalue weighted by Gasteiger charge is -2.31. The van der Waals surface area contributed by atoms with Crippen molar-refractivity contribution in [3.05, 3.63) is 23.3 Å². The highest BCUT2D eigenvalue weighted by Crippen LogP contribution is 2.66. The maximum Gasteiger partial charge on any atom is 0.165 e. The maximum absolute atomic E-state index is 12.9. The molecule has 0 N–H and O–H groups in total. The molecule has 0 spiro atoms. The first-order chi connectivity index (χ1) is 11.5. The normalized spacial score (nSPS) is 46.8. The third-order valence-electron chi connectivity index (χ3n) is 9.41. The molecule has 4 rings (SSSR count). The van der Waals surface area contributed by atoms with Gasteiger partial charge in [0.05, 0.1) is 0 Å². The van der Waals surface area contributed by atoms with Crippen LogP contribution < -0.4 is 0 Å². The molecule has 4 bridgehead atoms. The Kier molecular flexibility index (Phi) is 3.28. The minimum Gasteiger partial charge on any atom is -0.294 e. The zero-order valence-corrected chi connectivity index (χ0v) is 16.7. The molecule has 136 valence electrons. The van der Waals surface area contributed by atoms with Crippen molar-refractivity contribution in [1.29, 1.82) is 0 Å². The van der Waals surface area contributed by atoms with Crippen LogP contribution in [0, 0.1) is 33.5 Å². The lowest BCUT2D eigenvalue weighted by atomic mass is 9.70. The maximum atomic E-state index is 12.9. The zero-order chi connectivity index (χ0) is 18.4. The van der Waals surface area contributed by atoms with Crippen LogP contribution in [0.5, 0.6) is 0 Å². The van der Waals surface area contributed by atoms with Crippen LogP contribution in [0.3, 0.4) is 0 Å². The third-order valence-corrected chi connectivity index (χ3v) is 9.41. The Morgan fingerprint density at radius 2 is 1.12 bits per heavy atom. The van der Waals surface area contributed by atoms with Gasteiger partial charge in [0.2, 0.25) is 0 Å². The predicted octanol–water partition coefficient (Wildman–Crippen LogP) is 5.28. The van der Waals surface area contributed by atoms with E-state index in [9.17, 15) is 9.59 Å². The molecule has 4 aliphatic rings. The SMILES string of the molecule is CC1(C)[C@@H]2CC[C@@]1(C)C(=O)/C2=C\CC=C1C(=O)[C@@]2(C)CC[C@@H]1C2(C)C. The van der Waals surface area contributed by atoms with E-state index in [2.05, 4.69) is 53.7 Å². The molecule has 2 nitrogen and oxygen atoms in total. The molecule has 0 aromatic carbocycles. The number of rotatable bonds is 2. The highest BCUT2D eigenvalue weighted by Gasteiger charge is 2.64. The Hall–Kier alpha value is -1.18. The van der Waals surface area contributed by atoms with Gasteiger partial charge in [-0.25, -0.2) is 0 Å². The van der Waals surface area contributed by atoms with Gasteiger partial charge in [0, 0.05) is 10.8 Å². The second-order valence-corrected chi connectivity index (χ2v) is 10.5. The van der Waals surface area contributed by atoms with E-state index in [4.69, 9.17) is 0 Å². The van der Waals surface area contributed by atoms with E-state index in [-0.39, 0.29) is 21.7 Å². The van der Waals surface area contributed by atoms with E-state index in [1.165, 1.54) is 0 Å². The van der Waals surface area contributed by atoms with E-state index in [1.807, 2.05) is 0 Å². The number of Topliss-reactive ketones (excluding diaryl/α,β-unsaturated/α-hetero) is 2. The van der Waals surface area contributed by atoms with Crippen LogP contribution in [0.2, 0.25) is 0 Å². The fourth-order valence-corrected chi connectivity index (χ4v) is 6.64. The molecule has 0 aliphatic heterocycles. The van der Waals surface area contributed by atoms with Crippen molar-refractivity contribution in [3.8, 4) is 0 Å². The molecule has 0 aromatic rings. The van der Waals surface area contributed by atoms with Crippen molar-refractivity contribution in [2.24, 2.45) is 33.5 Å². The first-order valence-corrected chi connectivity index (χ1v) is 9.98. The molecule has 2 heteroatoms. The molecular formula is C23H32O2. The number of ketones is 2. The Balaban J connectivity index is 1.60. The molecule has 0 aromatic heterocycles. The topological polar surface area (TPSA) is 34.1 Å². The molecule has 4 atom stereocenters. The van der Waals surface area contributed by atoms with Crippen molar-refractivity contribution in [1.82, 2.24) is 0 Å². The van der Waals surface area contributed by atoms with E-state index >= 15 is 0 Å². The molecule has 0 saturated heterocycles. The fraction of sp³-hybridized carbons (Fsp3) is 0.739. The first kappa shape index (κ1) is 17.2. The number of carbonyl (C=O) groups excluding carboxylic acids is 2. The standard InChI is InChI=1S/C23H32O2/c1-20(2)16-10-12-22(20,5)18(24)14(16)8-7-9-15-17-11-13-23(6,19(15)25)21(17,3)4/h8-9,16-17H,7,10-13H2,1-6H3/b14-8-,15-9?/t16-,17+,22+,23-/m1/s1. The molecule has 4 fully saturated rings. The molecular weight excluding hydrogens is 308 g/mol. The lowest BCUT2D eigenvalue weighted by Crippen LogP contribution is -2.32. The monoisotopic (exact) mass is 340 g/mol. The summed E-state index contributed by atoms with van der Waals surface area (Å²) in [6.45, 7) is 13.3. The van der Waals surface area contributed by atoms with Gasteiger partial charge < -0.3 is 0 Å². The summed E-state index contributed by atoms with van der Waals surface area (Å²) < 4.78 is 0. The third kappa shape index (κ3) is 1.77. The Morgan fingerprint density at radius 3 is 1.40 bits per heavy atom. The van der Waals surface area contributed by atoms with Gasteiger partial charge in [-0.05, 0) is 65.9 Å². The van der Waals surface area contributed by atoms with Crippen molar-refractivity contribution >= 4 is 11.6 Å². The predicted molar refractivity (Wildman–Crippen MR) is 100 cm³/mol. The molecule has 4 saturated carbocycles. The minimum absolute atomic E-state index is 0.0702. The lowest BCUT2D eigenvalue weighted by molar-refractivity contribution is -0.126. The van der Waals surface area contributed by atoms with Crippen LogP contribution in [0.4, 0.5) is 0 Å². The van der Waals surface area contributed by atoms with E-state index in [0.29, 0.717) is 23.4 Å². The summed E-state index contributed by atoms with van der Waals surface area (Å²) in [5.74, 6) is 1.51. The van der Waals surface area contributed by atoms with Crippen molar-refractivity contribution in [2.75, 3.05) is 0 Å². The highest BCUT2D eigenvalue weighted by molar-refractivity contribution is 6.05. The Bertz CT molecular complexity index is 673. The smallest absolute Gasteiger partial charge is 0.165 e. The van der Waals surface area contributed by atoms with Crippen LogP contribution in [0.15, 0.2) is 23.3 Å². The molecule has 0 unspecified atom stereocenters. The highest BCUT2D eigenvalue weighted by atomic mass is 16.1. The van der Waals surface area contributed by atoms with Gasteiger partial charge >= 0.3 is 0 Å². The van der Waals surface area contributed by atoms with Crippen LogP contribution in [0.25, 0.3) is 0 Å². The fourth-order valence-electron chi connectivity index (χ4n) is 6.64. The summed E-state index contributed by atoms with van der Waals surface area (Å²) in [6.07, 6.45) is 9.31. The first-order valence-electron chi connectivity index (χ1n) is 9.98. The summed E-state index contributed by atoms with van der Waals surface area (Å²) in [4.78, 5) is 25.8. The van der Waals surface area contributed by atoms with Gasteiger partial charge in [-0.1, -0.05) is 53.7 Å². The molecule has 0 radical (unpaired) electrons. The van der Waals surface area contributed by atoms with E-state index in [0.717, 1.165) is 43.3 Å². The van der Waals surface area contributed by atoms with Gasteiger partial charge in [-0.15, -0.1) is 0 Å². The quantitative estimate of drug-likeness (QED) is 0.641. The average molecular weight is 341 g/mol. The van der Waals surface area contributed by atoms with Crippen LogP contribution in [0.1, 0.15) is 73.6 Å². The van der Waals surface area contributed by atoms with Crippen LogP contribution >= 0.6 is 0 Å².